The summed E-state index contributed by atoms with van der Waals surface area (Å²) in [6, 6.07) is 18.3. The van der Waals surface area contributed by atoms with Gasteiger partial charge >= 0.3 is 0 Å². The van der Waals surface area contributed by atoms with Crippen molar-refractivity contribution in [3.05, 3.63) is 89.2 Å². The van der Waals surface area contributed by atoms with Crippen LogP contribution in [0.5, 0.6) is 11.5 Å². The van der Waals surface area contributed by atoms with Crippen LogP contribution < -0.4 is 14.8 Å². The van der Waals surface area contributed by atoms with Crippen molar-refractivity contribution in [2.45, 2.75) is 19.6 Å². The molecule has 0 saturated carbocycles. The van der Waals surface area contributed by atoms with Gasteiger partial charge in [-0.25, -0.2) is 0 Å². The van der Waals surface area contributed by atoms with Gasteiger partial charge in [-0.05, 0) is 48.9 Å². The van der Waals surface area contributed by atoms with Crippen LogP contribution in [-0.4, -0.2) is 17.5 Å². The molecule has 144 valence electrons. The highest BCUT2D eigenvalue weighted by Gasteiger charge is 2.10. The monoisotopic (exact) mass is 396 g/mol. The third-order valence-electron chi connectivity index (χ3n) is 4.05. The molecule has 1 amide bonds. The number of carbonyl (C=O) groups excluding carboxylic acids is 1. The molecule has 6 heteroatoms. The number of carbonyl (C=O) groups is 1. The maximum absolute atomic E-state index is 12.1. The minimum Gasteiger partial charge on any atom is -0.489 e. The van der Waals surface area contributed by atoms with Crippen molar-refractivity contribution in [1.82, 2.24) is 10.3 Å². The molecular formula is C22H21ClN2O3. The molecule has 0 spiro atoms. The summed E-state index contributed by atoms with van der Waals surface area (Å²) in [6.45, 7) is 2.31. The summed E-state index contributed by atoms with van der Waals surface area (Å²) in [4.78, 5) is 16.2. The van der Waals surface area contributed by atoms with Crippen molar-refractivity contribution in [2.24, 2.45) is 0 Å². The summed E-state index contributed by atoms with van der Waals surface area (Å²) < 4.78 is 11.2. The Morgan fingerprint density at radius 1 is 1.07 bits per heavy atom. The summed E-state index contributed by atoms with van der Waals surface area (Å²) in [5.74, 6) is 1.12. The van der Waals surface area contributed by atoms with Gasteiger partial charge in [-0.2, -0.15) is 0 Å². The number of rotatable bonds is 8. The van der Waals surface area contributed by atoms with Crippen molar-refractivity contribution >= 4 is 17.5 Å². The van der Waals surface area contributed by atoms with Crippen LogP contribution in [0.3, 0.4) is 0 Å². The first kappa shape index (κ1) is 19.7. The SMILES string of the molecule is CC(NC(=O)COc1cccc(Cl)c1)c1ccc(OCc2cccnc2)cc1. The Labute approximate surface area is 169 Å². The van der Waals surface area contributed by atoms with Crippen LogP contribution >= 0.6 is 11.6 Å². The highest BCUT2D eigenvalue weighted by atomic mass is 35.5. The molecule has 0 aliphatic rings. The fourth-order valence-corrected chi connectivity index (χ4v) is 2.76. The van der Waals surface area contributed by atoms with E-state index in [1.807, 2.05) is 43.3 Å². The minimum atomic E-state index is -0.204. The molecule has 5 nitrogen and oxygen atoms in total. The van der Waals surface area contributed by atoms with Crippen LogP contribution in [-0.2, 0) is 11.4 Å². The van der Waals surface area contributed by atoms with E-state index >= 15 is 0 Å². The average molecular weight is 397 g/mol. The molecule has 1 aromatic heterocycles. The predicted molar refractivity (Wildman–Crippen MR) is 109 cm³/mol. The highest BCUT2D eigenvalue weighted by Crippen LogP contribution is 2.19. The molecule has 0 saturated heterocycles. The van der Waals surface area contributed by atoms with Crippen molar-refractivity contribution in [2.75, 3.05) is 6.61 Å². The molecule has 1 unspecified atom stereocenters. The Morgan fingerprint density at radius 3 is 2.61 bits per heavy atom. The van der Waals surface area contributed by atoms with E-state index in [-0.39, 0.29) is 18.6 Å². The van der Waals surface area contributed by atoms with Gasteiger partial charge in [0.1, 0.15) is 18.1 Å². The van der Waals surface area contributed by atoms with Crippen molar-refractivity contribution < 1.29 is 14.3 Å². The third kappa shape index (κ3) is 5.99. The normalized spacial score (nSPS) is 11.5. The van der Waals surface area contributed by atoms with Crippen LogP contribution in [0.15, 0.2) is 73.1 Å². The van der Waals surface area contributed by atoms with Crippen molar-refractivity contribution in [1.29, 1.82) is 0 Å². The highest BCUT2D eigenvalue weighted by molar-refractivity contribution is 6.30. The zero-order valence-electron chi connectivity index (χ0n) is 15.5. The first-order chi connectivity index (χ1) is 13.6. The minimum absolute atomic E-state index is 0.0724. The lowest BCUT2D eigenvalue weighted by atomic mass is 10.1. The van der Waals surface area contributed by atoms with Crippen molar-refractivity contribution in [3.8, 4) is 11.5 Å². The number of nitrogens with one attached hydrogen (secondary N) is 1. The van der Waals surface area contributed by atoms with E-state index in [1.54, 1.807) is 36.7 Å². The Balaban J connectivity index is 1.47. The van der Waals surface area contributed by atoms with Gasteiger partial charge in [0.15, 0.2) is 6.61 Å². The van der Waals surface area contributed by atoms with Gasteiger partial charge in [-0.15, -0.1) is 0 Å². The van der Waals surface area contributed by atoms with Gasteiger partial charge in [0.05, 0.1) is 6.04 Å². The van der Waals surface area contributed by atoms with Gasteiger partial charge in [0, 0.05) is 23.0 Å². The smallest absolute Gasteiger partial charge is 0.258 e. The van der Waals surface area contributed by atoms with E-state index in [9.17, 15) is 4.79 Å². The Hall–Kier alpha value is -3.05. The standard InChI is InChI=1S/C22H21ClN2O3/c1-16(25-22(26)15-28-21-6-2-5-19(23)12-21)18-7-9-20(10-8-18)27-14-17-4-3-11-24-13-17/h2-13,16H,14-15H2,1H3,(H,25,26). The second-order valence-electron chi connectivity index (χ2n) is 6.25. The lowest BCUT2D eigenvalue weighted by Crippen LogP contribution is -2.31. The Bertz CT molecular complexity index is 901. The molecule has 1 N–H and O–H groups in total. The molecule has 1 heterocycles. The van der Waals surface area contributed by atoms with Crippen molar-refractivity contribution in [3.63, 3.8) is 0 Å². The number of nitrogens with zero attached hydrogens (tertiary/aromatic N) is 1. The summed E-state index contributed by atoms with van der Waals surface area (Å²) in [5, 5.41) is 3.48. The van der Waals surface area contributed by atoms with Gasteiger partial charge < -0.3 is 14.8 Å². The molecule has 0 fully saturated rings. The van der Waals surface area contributed by atoms with E-state index < -0.39 is 0 Å². The summed E-state index contributed by atoms with van der Waals surface area (Å²) >= 11 is 5.90. The van der Waals surface area contributed by atoms with E-state index in [0.29, 0.717) is 17.4 Å². The number of amides is 1. The quantitative estimate of drug-likeness (QED) is 0.605. The van der Waals surface area contributed by atoms with Crippen LogP contribution in [0, 0.1) is 0 Å². The number of ether oxygens (including phenoxy) is 2. The zero-order chi connectivity index (χ0) is 19.8. The number of hydrogen-bond donors (Lipinski definition) is 1. The third-order valence-corrected chi connectivity index (χ3v) is 4.29. The molecular weight excluding hydrogens is 376 g/mol. The van der Waals surface area contributed by atoms with E-state index in [0.717, 1.165) is 16.9 Å². The fourth-order valence-electron chi connectivity index (χ4n) is 2.58. The van der Waals surface area contributed by atoms with E-state index in [2.05, 4.69) is 10.3 Å². The molecule has 3 aromatic rings. The summed E-state index contributed by atoms with van der Waals surface area (Å²) in [6.07, 6.45) is 3.51. The lowest BCUT2D eigenvalue weighted by molar-refractivity contribution is -0.123. The van der Waals surface area contributed by atoms with Crippen LogP contribution in [0.25, 0.3) is 0 Å². The Morgan fingerprint density at radius 2 is 1.89 bits per heavy atom. The van der Waals surface area contributed by atoms with Gasteiger partial charge in [0.25, 0.3) is 5.91 Å². The first-order valence-corrected chi connectivity index (χ1v) is 9.27. The molecule has 0 aliphatic carbocycles. The molecule has 0 aliphatic heterocycles. The number of hydrogen-bond acceptors (Lipinski definition) is 4. The van der Waals surface area contributed by atoms with Crippen LogP contribution in [0.1, 0.15) is 24.1 Å². The zero-order valence-corrected chi connectivity index (χ0v) is 16.2. The average Bonchev–Trinajstić information content (AvgIpc) is 2.72. The second-order valence-corrected chi connectivity index (χ2v) is 6.69. The number of halogens is 1. The molecule has 0 radical (unpaired) electrons. The molecule has 3 rings (SSSR count). The van der Waals surface area contributed by atoms with E-state index in [4.69, 9.17) is 21.1 Å². The molecule has 1 atom stereocenters. The molecule has 0 bridgehead atoms. The summed E-state index contributed by atoms with van der Waals surface area (Å²) in [5.41, 5.74) is 1.98. The summed E-state index contributed by atoms with van der Waals surface area (Å²) in [7, 11) is 0. The number of pyridine rings is 1. The van der Waals surface area contributed by atoms with Gasteiger partial charge in [0.2, 0.25) is 0 Å². The van der Waals surface area contributed by atoms with Gasteiger partial charge in [-0.1, -0.05) is 35.9 Å². The fraction of sp³-hybridized carbons (Fsp3) is 0.182. The molecule has 2 aromatic carbocycles. The lowest BCUT2D eigenvalue weighted by Gasteiger charge is -2.15. The number of benzene rings is 2. The largest absolute Gasteiger partial charge is 0.489 e. The Kier molecular flexibility index (Phi) is 6.87. The maximum atomic E-state index is 12.1. The maximum Gasteiger partial charge on any atom is 0.258 e. The van der Waals surface area contributed by atoms with Crippen LogP contribution in [0.4, 0.5) is 0 Å². The first-order valence-electron chi connectivity index (χ1n) is 8.89. The van der Waals surface area contributed by atoms with Crippen LogP contribution in [0.2, 0.25) is 5.02 Å². The van der Waals surface area contributed by atoms with Gasteiger partial charge in [-0.3, -0.25) is 9.78 Å². The second kappa shape index (κ2) is 9.76. The predicted octanol–water partition coefficient (Wildman–Crippen LogP) is 4.57. The topological polar surface area (TPSA) is 60.5 Å². The molecule has 28 heavy (non-hydrogen) atoms. The number of aromatic nitrogens is 1. The van der Waals surface area contributed by atoms with E-state index in [1.165, 1.54) is 0 Å².